The molecule has 0 aromatic heterocycles. The predicted molar refractivity (Wildman–Crippen MR) is 56.4 cm³/mol. The number of thioether (sulfide) groups is 1. The zero-order valence-electron chi connectivity index (χ0n) is 7.89. The topological polar surface area (TPSA) is 12.0 Å². The van der Waals surface area contributed by atoms with Crippen molar-refractivity contribution in [1.29, 1.82) is 0 Å². The van der Waals surface area contributed by atoms with Crippen molar-refractivity contribution in [2.75, 3.05) is 12.3 Å². The largest absolute Gasteiger partial charge is 0.312 e. The molecule has 68 valence electrons. The van der Waals surface area contributed by atoms with Crippen LogP contribution in [0.25, 0.3) is 0 Å². The third kappa shape index (κ3) is 3.08. The van der Waals surface area contributed by atoms with Crippen LogP contribution in [-0.4, -0.2) is 23.6 Å². The summed E-state index contributed by atoms with van der Waals surface area (Å²) in [6.45, 7) is 5.26. The highest BCUT2D eigenvalue weighted by molar-refractivity contribution is 8.00. The zero-order valence-corrected chi connectivity index (χ0v) is 8.71. The van der Waals surface area contributed by atoms with Crippen LogP contribution in [0.3, 0.4) is 0 Å². The van der Waals surface area contributed by atoms with Gasteiger partial charge < -0.3 is 5.32 Å². The Morgan fingerprint density at radius 3 is 3.00 bits per heavy atom. The van der Waals surface area contributed by atoms with Gasteiger partial charge in [0, 0.05) is 24.3 Å². The Balaban J connectivity index is 2.08. The Bertz CT molecular complexity index is 180. The zero-order chi connectivity index (χ0) is 8.81. The van der Waals surface area contributed by atoms with E-state index in [-0.39, 0.29) is 0 Å². The first-order valence-corrected chi connectivity index (χ1v) is 5.64. The maximum Gasteiger partial charge on any atom is 0.0214 e. The molecular weight excluding hydrogens is 166 g/mol. The molecule has 1 fully saturated rings. The molecule has 0 bridgehead atoms. The lowest BCUT2D eigenvalue weighted by atomic mass is 10.2. The maximum absolute atomic E-state index is 3.54. The molecule has 1 aliphatic heterocycles. The molecule has 0 aromatic carbocycles. The van der Waals surface area contributed by atoms with Gasteiger partial charge in [-0.15, -0.1) is 11.8 Å². The van der Waals surface area contributed by atoms with Crippen LogP contribution >= 0.6 is 11.8 Å². The molecule has 0 aliphatic carbocycles. The normalized spacial score (nSPS) is 28.2. The van der Waals surface area contributed by atoms with Crippen molar-refractivity contribution >= 4 is 11.8 Å². The van der Waals surface area contributed by atoms with Crippen molar-refractivity contribution in [3.05, 3.63) is 0 Å². The predicted octanol–water partition coefficient (Wildman–Crippen LogP) is 1.88. The summed E-state index contributed by atoms with van der Waals surface area (Å²) in [5.74, 6) is 7.29. The van der Waals surface area contributed by atoms with Crippen LogP contribution in [0.2, 0.25) is 0 Å². The quantitative estimate of drug-likeness (QED) is 0.529. The molecule has 1 saturated heterocycles. The second-order valence-corrected chi connectivity index (χ2v) is 4.59. The molecule has 0 aromatic rings. The van der Waals surface area contributed by atoms with E-state index in [1.54, 1.807) is 0 Å². The monoisotopic (exact) mass is 183 g/mol. The molecule has 2 unspecified atom stereocenters. The number of nitrogens with one attached hydrogen (secondary N) is 1. The minimum atomic E-state index is 0.730. The highest BCUT2D eigenvalue weighted by Crippen LogP contribution is 2.25. The van der Waals surface area contributed by atoms with E-state index in [0.29, 0.717) is 0 Å². The first-order chi connectivity index (χ1) is 5.84. The van der Waals surface area contributed by atoms with Gasteiger partial charge in [0.15, 0.2) is 0 Å². The molecule has 1 aliphatic rings. The molecule has 1 N–H and O–H groups in total. The molecule has 1 nitrogen and oxygen atoms in total. The molecule has 2 atom stereocenters. The molecule has 0 spiro atoms. The number of rotatable bonds is 3. The average molecular weight is 183 g/mol. The summed E-state index contributed by atoms with van der Waals surface area (Å²) in [4.78, 5) is 0. The molecule has 2 heteroatoms. The Morgan fingerprint density at radius 1 is 1.58 bits per heavy atom. The van der Waals surface area contributed by atoms with E-state index in [1.165, 1.54) is 12.2 Å². The van der Waals surface area contributed by atoms with Crippen LogP contribution in [0.15, 0.2) is 0 Å². The van der Waals surface area contributed by atoms with Gasteiger partial charge in [-0.05, 0) is 19.1 Å². The first-order valence-electron chi connectivity index (χ1n) is 4.59. The lowest BCUT2D eigenvalue weighted by molar-refractivity contribution is 0.521. The summed E-state index contributed by atoms with van der Waals surface area (Å²) in [5.41, 5.74) is 0. The van der Waals surface area contributed by atoms with Crippen molar-refractivity contribution in [2.45, 2.75) is 38.0 Å². The van der Waals surface area contributed by atoms with E-state index in [0.717, 1.165) is 24.3 Å². The summed E-state index contributed by atoms with van der Waals surface area (Å²) in [6.07, 6.45) is 2.32. The van der Waals surface area contributed by atoms with Crippen LogP contribution in [0.5, 0.6) is 0 Å². The third-order valence-electron chi connectivity index (χ3n) is 2.21. The van der Waals surface area contributed by atoms with Crippen molar-refractivity contribution in [3.63, 3.8) is 0 Å². The van der Waals surface area contributed by atoms with Gasteiger partial charge in [-0.25, -0.2) is 0 Å². The Kier molecular flexibility index (Phi) is 4.57. The van der Waals surface area contributed by atoms with Crippen molar-refractivity contribution in [2.24, 2.45) is 0 Å². The van der Waals surface area contributed by atoms with Gasteiger partial charge in [0.25, 0.3) is 0 Å². The van der Waals surface area contributed by atoms with Crippen molar-refractivity contribution in [3.8, 4) is 11.8 Å². The second kappa shape index (κ2) is 5.50. The minimum absolute atomic E-state index is 0.730. The van der Waals surface area contributed by atoms with Crippen LogP contribution in [-0.2, 0) is 0 Å². The molecule has 0 saturated carbocycles. The van der Waals surface area contributed by atoms with Gasteiger partial charge in [0.1, 0.15) is 0 Å². The Morgan fingerprint density at radius 2 is 2.42 bits per heavy atom. The van der Waals surface area contributed by atoms with Gasteiger partial charge in [-0.3, -0.25) is 0 Å². The van der Waals surface area contributed by atoms with Gasteiger partial charge >= 0.3 is 0 Å². The fourth-order valence-corrected chi connectivity index (χ4v) is 2.67. The van der Waals surface area contributed by atoms with Crippen molar-refractivity contribution in [1.82, 2.24) is 5.32 Å². The van der Waals surface area contributed by atoms with Gasteiger partial charge in [0.05, 0.1) is 0 Å². The van der Waals surface area contributed by atoms with Crippen molar-refractivity contribution < 1.29 is 0 Å². The smallest absolute Gasteiger partial charge is 0.0214 e. The fourth-order valence-electron chi connectivity index (χ4n) is 1.44. The van der Waals surface area contributed by atoms with E-state index >= 15 is 0 Å². The molecule has 1 rings (SSSR count). The highest BCUT2D eigenvalue weighted by atomic mass is 32.2. The molecule has 12 heavy (non-hydrogen) atoms. The fraction of sp³-hybridized carbons (Fsp3) is 0.800. The lowest BCUT2D eigenvalue weighted by Gasteiger charge is -2.14. The van der Waals surface area contributed by atoms with Gasteiger partial charge in [-0.1, -0.05) is 6.92 Å². The molecule has 1 heterocycles. The van der Waals surface area contributed by atoms with Crippen LogP contribution < -0.4 is 5.32 Å². The number of hydrogen-bond acceptors (Lipinski definition) is 2. The van der Waals surface area contributed by atoms with E-state index in [2.05, 4.69) is 35.8 Å². The maximum atomic E-state index is 3.54. The van der Waals surface area contributed by atoms with E-state index in [9.17, 15) is 0 Å². The summed E-state index contributed by atoms with van der Waals surface area (Å²) in [6, 6.07) is 0.730. The molecule has 0 amide bonds. The Hall–Kier alpha value is -0.130. The van der Waals surface area contributed by atoms with Gasteiger partial charge in [-0.2, -0.15) is 11.8 Å². The average Bonchev–Trinajstić information content (AvgIpc) is 2.46. The summed E-state index contributed by atoms with van der Waals surface area (Å²) in [5, 5.41) is 4.33. The second-order valence-electron chi connectivity index (χ2n) is 3.10. The van der Waals surface area contributed by atoms with E-state index in [1.807, 2.05) is 6.92 Å². The number of hydrogen-bond donors (Lipinski definition) is 1. The first kappa shape index (κ1) is 9.95. The molecule has 0 radical (unpaired) electrons. The van der Waals surface area contributed by atoms with E-state index in [4.69, 9.17) is 0 Å². The van der Waals surface area contributed by atoms with Gasteiger partial charge in [0.2, 0.25) is 0 Å². The SMILES string of the molecule is CC#CCCNC1CCSC1C. The van der Waals surface area contributed by atoms with Crippen LogP contribution in [0.1, 0.15) is 26.7 Å². The minimum Gasteiger partial charge on any atom is -0.312 e. The molecular formula is C10H17NS. The summed E-state index contributed by atoms with van der Waals surface area (Å²) in [7, 11) is 0. The highest BCUT2D eigenvalue weighted by Gasteiger charge is 2.22. The van der Waals surface area contributed by atoms with Crippen LogP contribution in [0, 0.1) is 11.8 Å². The summed E-state index contributed by atoms with van der Waals surface area (Å²) < 4.78 is 0. The third-order valence-corrected chi connectivity index (χ3v) is 3.54. The Labute approximate surface area is 79.7 Å². The standard InChI is InChI=1S/C10H17NS/c1-3-4-5-7-11-10-6-8-12-9(10)2/h9-11H,5-8H2,1-2H3. The van der Waals surface area contributed by atoms with E-state index < -0.39 is 0 Å². The summed E-state index contributed by atoms with van der Waals surface area (Å²) >= 11 is 2.07. The van der Waals surface area contributed by atoms with Crippen LogP contribution in [0.4, 0.5) is 0 Å². The lowest BCUT2D eigenvalue weighted by Crippen LogP contribution is -2.33.